The molecule has 1 fully saturated rings. The summed E-state index contributed by atoms with van der Waals surface area (Å²) in [6, 6.07) is 2.60. The zero-order valence-electron chi connectivity index (χ0n) is 13.0. The monoisotopic (exact) mass is 285 g/mol. The molecule has 112 valence electrons. The Labute approximate surface area is 126 Å². The molecule has 1 aliphatic rings. The second-order valence-electron chi connectivity index (χ2n) is 6.06. The highest BCUT2D eigenvalue weighted by atomic mass is 15.3. The highest BCUT2D eigenvalue weighted by Crippen LogP contribution is 2.31. The predicted octanol–water partition coefficient (Wildman–Crippen LogP) is 2.46. The van der Waals surface area contributed by atoms with Gasteiger partial charge in [0.25, 0.3) is 0 Å². The van der Waals surface area contributed by atoms with Crippen molar-refractivity contribution >= 4 is 0 Å². The van der Waals surface area contributed by atoms with Crippen LogP contribution in [0.5, 0.6) is 0 Å². The molecule has 0 amide bonds. The lowest BCUT2D eigenvalue weighted by molar-refractivity contribution is 0.166. The summed E-state index contributed by atoms with van der Waals surface area (Å²) >= 11 is 0. The Morgan fingerprint density at radius 1 is 1.19 bits per heavy atom. The van der Waals surface area contributed by atoms with Gasteiger partial charge in [-0.25, -0.2) is 0 Å². The summed E-state index contributed by atoms with van der Waals surface area (Å²) in [4.78, 5) is 11.8. The van der Waals surface area contributed by atoms with Crippen molar-refractivity contribution in [3.63, 3.8) is 0 Å². The van der Waals surface area contributed by atoms with Crippen LogP contribution < -0.4 is 0 Å². The molecule has 5 nitrogen and oxygen atoms in total. The van der Waals surface area contributed by atoms with Crippen LogP contribution in [-0.4, -0.2) is 43.8 Å². The first-order chi connectivity index (χ1) is 10.2. The third kappa shape index (κ3) is 2.83. The van der Waals surface area contributed by atoms with E-state index in [1.165, 1.54) is 19.4 Å². The summed E-state index contributed by atoms with van der Waals surface area (Å²) in [6.45, 7) is 6.79. The normalized spacial score (nSPS) is 20.1. The maximum atomic E-state index is 4.66. The fourth-order valence-corrected chi connectivity index (χ4v) is 3.15. The number of nitrogens with zero attached hydrogens (tertiary/aromatic N) is 5. The van der Waals surface area contributed by atoms with Crippen LogP contribution >= 0.6 is 0 Å². The summed E-state index contributed by atoms with van der Waals surface area (Å²) in [5, 5.41) is 4.26. The van der Waals surface area contributed by atoms with Gasteiger partial charge < -0.3 is 4.90 Å². The van der Waals surface area contributed by atoms with Crippen LogP contribution in [0.25, 0.3) is 11.4 Å². The molecule has 0 radical (unpaired) electrons. The van der Waals surface area contributed by atoms with Crippen LogP contribution in [0, 0.1) is 0 Å². The standard InChI is InChI=1S/C16H23N5/c1-12(2)21-10-4-5-13(11-21)15-16(18-9-8-17-15)14-6-7-19-20(14)3/h6-9,12-13H,4-5,10-11H2,1-3H3/t13-/m0/s1. The Bertz CT molecular complexity index is 604. The van der Waals surface area contributed by atoms with E-state index in [9.17, 15) is 0 Å². The summed E-state index contributed by atoms with van der Waals surface area (Å²) in [7, 11) is 1.95. The van der Waals surface area contributed by atoms with Gasteiger partial charge in [0.05, 0.1) is 11.4 Å². The summed E-state index contributed by atoms with van der Waals surface area (Å²) in [5.74, 6) is 0.458. The number of rotatable bonds is 3. The van der Waals surface area contributed by atoms with Crippen LogP contribution in [0.3, 0.4) is 0 Å². The third-order valence-corrected chi connectivity index (χ3v) is 4.36. The van der Waals surface area contributed by atoms with E-state index in [-0.39, 0.29) is 0 Å². The molecule has 0 aromatic carbocycles. The van der Waals surface area contributed by atoms with E-state index in [4.69, 9.17) is 0 Å². The van der Waals surface area contributed by atoms with Crippen LogP contribution in [0.2, 0.25) is 0 Å². The minimum Gasteiger partial charge on any atom is -0.300 e. The molecule has 0 N–H and O–H groups in total. The molecule has 2 aromatic rings. The van der Waals surface area contributed by atoms with Gasteiger partial charge in [0.15, 0.2) is 0 Å². The van der Waals surface area contributed by atoms with Crippen LogP contribution in [-0.2, 0) is 7.05 Å². The smallest absolute Gasteiger partial charge is 0.110 e. The number of aryl methyl sites for hydroxylation is 1. The molecule has 3 heterocycles. The first-order valence-electron chi connectivity index (χ1n) is 7.70. The second-order valence-corrected chi connectivity index (χ2v) is 6.06. The van der Waals surface area contributed by atoms with Gasteiger partial charge in [-0.1, -0.05) is 0 Å². The summed E-state index contributed by atoms with van der Waals surface area (Å²) in [6.07, 6.45) is 7.81. The molecule has 0 bridgehead atoms. The first kappa shape index (κ1) is 14.2. The van der Waals surface area contributed by atoms with Crippen molar-refractivity contribution in [2.75, 3.05) is 13.1 Å². The highest BCUT2D eigenvalue weighted by molar-refractivity contribution is 5.57. The second kappa shape index (κ2) is 5.93. The molecule has 5 heteroatoms. The molecule has 0 saturated carbocycles. The van der Waals surface area contributed by atoms with Crippen LogP contribution in [0.15, 0.2) is 24.7 Å². The Morgan fingerprint density at radius 3 is 2.71 bits per heavy atom. The van der Waals surface area contributed by atoms with Gasteiger partial charge in [-0.2, -0.15) is 5.10 Å². The van der Waals surface area contributed by atoms with Crippen molar-refractivity contribution in [2.45, 2.75) is 38.6 Å². The van der Waals surface area contributed by atoms with E-state index in [0.29, 0.717) is 12.0 Å². The number of aromatic nitrogens is 4. The van der Waals surface area contributed by atoms with Gasteiger partial charge >= 0.3 is 0 Å². The fourth-order valence-electron chi connectivity index (χ4n) is 3.15. The molecule has 1 atom stereocenters. The molecule has 21 heavy (non-hydrogen) atoms. The molecular formula is C16H23N5. The number of piperidine rings is 1. The van der Waals surface area contributed by atoms with E-state index in [2.05, 4.69) is 33.8 Å². The minimum absolute atomic E-state index is 0.458. The molecular weight excluding hydrogens is 262 g/mol. The maximum absolute atomic E-state index is 4.66. The van der Waals surface area contributed by atoms with E-state index in [1.807, 2.05) is 30.2 Å². The largest absolute Gasteiger partial charge is 0.300 e. The Balaban J connectivity index is 1.94. The van der Waals surface area contributed by atoms with Gasteiger partial charge in [-0.3, -0.25) is 14.6 Å². The van der Waals surface area contributed by atoms with E-state index in [0.717, 1.165) is 23.6 Å². The third-order valence-electron chi connectivity index (χ3n) is 4.36. The minimum atomic E-state index is 0.458. The Morgan fingerprint density at radius 2 is 2.00 bits per heavy atom. The predicted molar refractivity (Wildman–Crippen MR) is 82.9 cm³/mol. The lowest BCUT2D eigenvalue weighted by atomic mass is 9.92. The summed E-state index contributed by atoms with van der Waals surface area (Å²) in [5.41, 5.74) is 3.14. The average Bonchev–Trinajstić information content (AvgIpc) is 2.93. The van der Waals surface area contributed by atoms with Crippen LogP contribution in [0.1, 0.15) is 38.3 Å². The van der Waals surface area contributed by atoms with Gasteiger partial charge in [0.1, 0.15) is 5.69 Å². The fraction of sp³-hybridized carbons (Fsp3) is 0.562. The molecule has 0 unspecified atom stereocenters. The maximum Gasteiger partial charge on any atom is 0.110 e. The molecule has 2 aromatic heterocycles. The lowest BCUT2D eigenvalue weighted by Gasteiger charge is -2.35. The van der Waals surface area contributed by atoms with Crippen molar-refractivity contribution in [1.29, 1.82) is 0 Å². The van der Waals surface area contributed by atoms with Crippen molar-refractivity contribution in [1.82, 2.24) is 24.6 Å². The van der Waals surface area contributed by atoms with Crippen LogP contribution in [0.4, 0.5) is 0 Å². The number of likely N-dealkylation sites (tertiary alicyclic amines) is 1. The van der Waals surface area contributed by atoms with Gasteiger partial charge in [0.2, 0.25) is 0 Å². The van der Waals surface area contributed by atoms with Crippen molar-refractivity contribution < 1.29 is 0 Å². The van der Waals surface area contributed by atoms with E-state index in [1.54, 1.807) is 6.20 Å². The first-order valence-corrected chi connectivity index (χ1v) is 7.70. The van der Waals surface area contributed by atoms with Crippen molar-refractivity contribution in [3.05, 3.63) is 30.4 Å². The van der Waals surface area contributed by atoms with Gasteiger partial charge in [-0.15, -0.1) is 0 Å². The molecule has 0 spiro atoms. The average molecular weight is 285 g/mol. The van der Waals surface area contributed by atoms with E-state index < -0.39 is 0 Å². The zero-order valence-corrected chi connectivity index (χ0v) is 13.0. The van der Waals surface area contributed by atoms with Crippen molar-refractivity contribution in [2.24, 2.45) is 7.05 Å². The molecule has 1 aliphatic heterocycles. The molecule has 0 aliphatic carbocycles. The Hall–Kier alpha value is -1.75. The highest BCUT2D eigenvalue weighted by Gasteiger charge is 2.27. The van der Waals surface area contributed by atoms with Crippen molar-refractivity contribution in [3.8, 4) is 11.4 Å². The number of hydrogen-bond donors (Lipinski definition) is 0. The summed E-state index contributed by atoms with van der Waals surface area (Å²) < 4.78 is 1.87. The van der Waals surface area contributed by atoms with Gasteiger partial charge in [0, 0.05) is 44.1 Å². The SMILES string of the molecule is CC(C)N1CCC[C@H](c2nccnc2-c2ccnn2C)C1. The van der Waals surface area contributed by atoms with Gasteiger partial charge in [-0.05, 0) is 39.3 Å². The number of hydrogen-bond acceptors (Lipinski definition) is 4. The zero-order chi connectivity index (χ0) is 14.8. The topological polar surface area (TPSA) is 46.8 Å². The Kier molecular flexibility index (Phi) is 4.01. The molecule has 3 rings (SSSR count). The lowest BCUT2D eigenvalue weighted by Crippen LogP contribution is -2.39. The molecule has 1 saturated heterocycles. The van der Waals surface area contributed by atoms with E-state index >= 15 is 0 Å². The quantitative estimate of drug-likeness (QED) is 0.869.